The van der Waals surface area contributed by atoms with Gasteiger partial charge in [0.05, 0.1) is 12.2 Å². The Bertz CT molecular complexity index is 1050. The van der Waals surface area contributed by atoms with Crippen LogP contribution in [0.15, 0.2) is 21.9 Å². The van der Waals surface area contributed by atoms with Crippen LogP contribution in [-0.2, 0) is 35.5 Å². The van der Waals surface area contributed by atoms with Crippen LogP contribution in [0.4, 0.5) is 5.00 Å². The van der Waals surface area contributed by atoms with Gasteiger partial charge in [-0.05, 0) is 44.6 Å². The van der Waals surface area contributed by atoms with Gasteiger partial charge in [-0.25, -0.2) is 9.59 Å². The van der Waals surface area contributed by atoms with Gasteiger partial charge in [-0.2, -0.15) is 0 Å². The van der Waals surface area contributed by atoms with Gasteiger partial charge >= 0.3 is 11.7 Å². The molecule has 1 aliphatic carbocycles. The molecule has 2 aromatic rings. The minimum Gasteiger partial charge on any atom is -0.462 e. The molecule has 156 valence electrons. The van der Waals surface area contributed by atoms with E-state index in [9.17, 15) is 19.2 Å². The molecule has 0 saturated heterocycles. The largest absolute Gasteiger partial charge is 0.462 e. The summed E-state index contributed by atoms with van der Waals surface area (Å²) in [4.78, 5) is 50.6. The second-order valence-electron chi connectivity index (χ2n) is 7.13. The highest BCUT2D eigenvalue weighted by atomic mass is 32.1. The van der Waals surface area contributed by atoms with E-state index < -0.39 is 29.7 Å². The number of amides is 1. The van der Waals surface area contributed by atoms with Crippen molar-refractivity contribution in [3.05, 3.63) is 49.1 Å². The molecular formula is C20H25N3O5S. The Labute approximate surface area is 172 Å². The fourth-order valence-corrected chi connectivity index (χ4v) is 4.93. The van der Waals surface area contributed by atoms with Gasteiger partial charge in [-0.1, -0.05) is 6.92 Å². The summed E-state index contributed by atoms with van der Waals surface area (Å²) in [5, 5.41) is 3.16. The van der Waals surface area contributed by atoms with Crippen molar-refractivity contribution in [2.45, 2.75) is 53.1 Å². The summed E-state index contributed by atoms with van der Waals surface area (Å²) in [5.41, 5.74) is 0.255. The van der Waals surface area contributed by atoms with Crippen molar-refractivity contribution in [3.8, 4) is 0 Å². The van der Waals surface area contributed by atoms with Gasteiger partial charge in [-0.3, -0.25) is 14.2 Å². The average Bonchev–Trinajstić information content (AvgIpc) is 3.02. The summed E-state index contributed by atoms with van der Waals surface area (Å²) in [6, 6.07) is 1.26. The first-order valence-electron chi connectivity index (χ1n) is 9.77. The van der Waals surface area contributed by atoms with Crippen LogP contribution in [0.5, 0.6) is 0 Å². The highest BCUT2D eigenvalue weighted by Crippen LogP contribution is 2.40. The van der Waals surface area contributed by atoms with Gasteiger partial charge in [0.1, 0.15) is 11.5 Å². The van der Waals surface area contributed by atoms with Crippen LogP contribution in [0.2, 0.25) is 0 Å². The van der Waals surface area contributed by atoms with Gasteiger partial charge in [0.25, 0.3) is 5.56 Å². The molecule has 0 bridgehead atoms. The Hall–Kier alpha value is -2.68. The fourth-order valence-electron chi connectivity index (χ4n) is 3.51. The zero-order valence-corrected chi connectivity index (χ0v) is 17.6. The van der Waals surface area contributed by atoms with Crippen molar-refractivity contribution in [1.82, 2.24) is 9.13 Å². The van der Waals surface area contributed by atoms with E-state index in [1.807, 2.05) is 0 Å². The Kier molecular flexibility index (Phi) is 6.36. The first-order chi connectivity index (χ1) is 13.8. The molecule has 1 N–H and O–H groups in total. The smallest absolute Gasteiger partial charge is 0.341 e. The number of anilines is 1. The number of hydrogen-bond acceptors (Lipinski definition) is 6. The van der Waals surface area contributed by atoms with E-state index in [-0.39, 0.29) is 6.61 Å². The second-order valence-corrected chi connectivity index (χ2v) is 8.24. The molecule has 9 heteroatoms. The lowest BCUT2D eigenvalue weighted by Gasteiger charge is -2.18. The summed E-state index contributed by atoms with van der Waals surface area (Å²) in [5.74, 6) is -0.481. The Morgan fingerprint density at radius 2 is 2.07 bits per heavy atom. The lowest BCUT2D eigenvalue weighted by Crippen LogP contribution is -2.41. The molecule has 1 aliphatic rings. The zero-order chi connectivity index (χ0) is 21.1. The molecule has 3 rings (SSSR count). The van der Waals surface area contributed by atoms with Gasteiger partial charge in [0, 0.05) is 23.7 Å². The molecule has 0 radical (unpaired) electrons. The number of esters is 1. The summed E-state index contributed by atoms with van der Waals surface area (Å²) >= 11 is 1.37. The van der Waals surface area contributed by atoms with Crippen LogP contribution in [0.25, 0.3) is 0 Å². The van der Waals surface area contributed by atoms with Crippen LogP contribution >= 0.6 is 11.3 Å². The molecule has 2 aromatic heterocycles. The van der Waals surface area contributed by atoms with Gasteiger partial charge in [-0.15, -0.1) is 11.3 Å². The van der Waals surface area contributed by atoms with E-state index in [1.54, 1.807) is 13.8 Å². The van der Waals surface area contributed by atoms with Crippen LogP contribution in [-0.4, -0.2) is 27.6 Å². The summed E-state index contributed by atoms with van der Waals surface area (Å²) in [6.45, 7) is 5.88. The van der Waals surface area contributed by atoms with E-state index in [1.165, 1.54) is 28.2 Å². The molecule has 0 aromatic carbocycles. The van der Waals surface area contributed by atoms with Crippen molar-refractivity contribution in [2.75, 3.05) is 11.9 Å². The number of thiophene rings is 1. The van der Waals surface area contributed by atoms with E-state index in [0.29, 0.717) is 23.0 Å². The summed E-state index contributed by atoms with van der Waals surface area (Å²) < 4.78 is 7.43. The van der Waals surface area contributed by atoms with Crippen molar-refractivity contribution in [3.63, 3.8) is 0 Å². The number of fused-ring (bicyclic) bond motifs is 1. The van der Waals surface area contributed by atoms with Crippen molar-refractivity contribution < 1.29 is 14.3 Å². The lowest BCUT2D eigenvalue weighted by atomic mass is 9.88. The average molecular weight is 420 g/mol. The highest BCUT2D eigenvalue weighted by Gasteiger charge is 2.29. The molecule has 0 saturated carbocycles. The molecule has 0 fully saturated rings. The zero-order valence-electron chi connectivity index (χ0n) is 16.8. The molecule has 1 atom stereocenters. The number of nitrogens with one attached hydrogen (secondary N) is 1. The van der Waals surface area contributed by atoms with E-state index in [2.05, 4.69) is 12.2 Å². The number of nitrogens with zero attached hydrogens (tertiary/aromatic N) is 2. The summed E-state index contributed by atoms with van der Waals surface area (Å²) in [7, 11) is 0. The van der Waals surface area contributed by atoms with E-state index >= 15 is 0 Å². The third-order valence-electron chi connectivity index (χ3n) is 5.03. The number of ether oxygens (including phenoxy) is 1. The van der Waals surface area contributed by atoms with Gasteiger partial charge in [0.2, 0.25) is 5.91 Å². The number of carbonyl (C=O) groups is 2. The number of aromatic nitrogens is 2. The molecule has 1 unspecified atom stereocenters. The normalized spacial score (nSPS) is 15.6. The Morgan fingerprint density at radius 3 is 2.76 bits per heavy atom. The third-order valence-corrected chi connectivity index (χ3v) is 6.20. The van der Waals surface area contributed by atoms with Crippen LogP contribution in [0, 0.1) is 5.92 Å². The monoisotopic (exact) mass is 419 g/mol. The molecular weight excluding hydrogens is 394 g/mol. The molecule has 8 nitrogen and oxygen atoms in total. The Balaban J connectivity index is 1.90. The molecule has 0 spiro atoms. The van der Waals surface area contributed by atoms with E-state index in [0.717, 1.165) is 34.3 Å². The summed E-state index contributed by atoms with van der Waals surface area (Å²) in [6.07, 6.45) is 3.99. The minimum atomic E-state index is -0.542. The molecule has 2 heterocycles. The van der Waals surface area contributed by atoms with Gasteiger partial charge < -0.3 is 14.6 Å². The highest BCUT2D eigenvalue weighted by molar-refractivity contribution is 7.17. The maximum Gasteiger partial charge on any atom is 0.341 e. The van der Waals surface area contributed by atoms with Crippen LogP contribution < -0.4 is 16.6 Å². The predicted octanol–water partition coefficient (Wildman–Crippen LogP) is 2.03. The second kappa shape index (κ2) is 8.77. The van der Waals surface area contributed by atoms with Crippen molar-refractivity contribution in [2.24, 2.45) is 5.92 Å². The van der Waals surface area contributed by atoms with Crippen LogP contribution in [0.1, 0.15) is 48.0 Å². The standard InChI is InChI=1S/C20H25N3O5S/c1-4-22-9-8-16(25)23(20(22)27)11-15(24)21-18-17(19(26)28-5-2)13-7-6-12(3)10-14(13)29-18/h8-9,12H,4-7,10-11H2,1-3H3,(H,21,24). The first-order valence-corrected chi connectivity index (χ1v) is 10.6. The Morgan fingerprint density at radius 1 is 1.31 bits per heavy atom. The minimum absolute atomic E-state index is 0.239. The molecule has 29 heavy (non-hydrogen) atoms. The first kappa shape index (κ1) is 21.0. The van der Waals surface area contributed by atoms with Gasteiger partial charge in [0.15, 0.2) is 0 Å². The lowest BCUT2D eigenvalue weighted by molar-refractivity contribution is -0.116. The predicted molar refractivity (Wildman–Crippen MR) is 111 cm³/mol. The SMILES string of the molecule is CCOC(=O)c1c(NC(=O)Cn2c(=O)ccn(CC)c2=O)sc2c1CCC(C)C2. The van der Waals surface area contributed by atoms with Crippen molar-refractivity contribution in [1.29, 1.82) is 0 Å². The topological polar surface area (TPSA) is 99.4 Å². The van der Waals surface area contributed by atoms with Crippen LogP contribution in [0.3, 0.4) is 0 Å². The fraction of sp³-hybridized carbons (Fsp3) is 0.500. The van der Waals surface area contributed by atoms with E-state index in [4.69, 9.17) is 4.74 Å². The quantitative estimate of drug-likeness (QED) is 0.723. The maximum atomic E-state index is 12.6. The maximum absolute atomic E-state index is 12.6. The number of carbonyl (C=O) groups excluding carboxylic acids is 2. The number of hydrogen-bond donors (Lipinski definition) is 1. The number of aryl methyl sites for hydroxylation is 1. The molecule has 1 amide bonds. The third kappa shape index (κ3) is 4.34. The number of rotatable bonds is 6. The van der Waals surface area contributed by atoms with Crippen molar-refractivity contribution >= 4 is 28.2 Å². The molecule has 0 aliphatic heterocycles.